The minimum absolute atomic E-state index is 0. The predicted molar refractivity (Wildman–Crippen MR) is 81.9 cm³/mol. The average Bonchev–Trinajstić information content (AvgIpc) is 2.93. The summed E-state index contributed by atoms with van der Waals surface area (Å²) in [4.78, 5) is 37.4. The SMILES string of the molecule is C/C=C1\CN(CC(=O)[O-])/C(=C2/SC(=S)N(CC(=O)[O-])C2=O)S1.[K+].[K+]. The van der Waals surface area contributed by atoms with Crippen LogP contribution in [0.5, 0.6) is 0 Å². The van der Waals surface area contributed by atoms with Crippen LogP contribution in [-0.4, -0.2) is 51.6 Å². The van der Waals surface area contributed by atoms with Crippen LogP contribution >= 0.6 is 35.7 Å². The van der Waals surface area contributed by atoms with Gasteiger partial charge >= 0.3 is 103 Å². The average molecular weight is 437 g/mol. The van der Waals surface area contributed by atoms with Crippen LogP contribution in [-0.2, 0) is 14.4 Å². The normalized spacial score (nSPS) is 21.8. The molecule has 0 aliphatic carbocycles. The number of carboxylic acid groups (broad SMARTS) is 2. The summed E-state index contributed by atoms with van der Waals surface area (Å²) in [5, 5.41) is 22.0. The molecule has 0 N–H and O–H groups in total. The van der Waals surface area contributed by atoms with Crippen molar-refractivity contribution in [1.29, 1.82) is 0 Å². The minimum atomic E-state index is -1.41. The Labute approximate surface area is 237 Å². The Kier molecular flexibility index (Phi) is 12.4. The van der Waals surface area contributed by atoms with Crippen LogP contribution in [0.3, 0.4) is 0 Å². The van der Waals surface area contributed by atoms with E-state index in [2.05, 4.69) is 0 Å². The van der Waals surface area contributed by atoms with Crippen molar-refractivity contribution in [3.63, 3.8) is 0 Å². The van der Waals surface area contributed by atoms with Crippen molar-refractivity contribution in [2.75, 3.05) is 19.6 Å². The molecule has 0 spiro atoms. The zero-order valence-electron chi connectivity index (χ0n) is 13.4. The van der Waals surface area contributed by atoms with Crippen LogP contribution in [0.15, 0.2) is 20.9 Å². The van der Waals surface area contributed by atoms with E-state index < -0.39 is 24.4 Å². The molecule has 2 rings (SSSR count). The Balaban J connectivity index is 0.00000264. The van der Waals surface area contributed by atoms with Gasteiger partial charge in [0, 0.05) is 11.4 Å². The second-order valence-electron chi connectivity index (χ2n) is 4.35. The third-order valence-corrected chi connectivity index (χ3v) is 5.68. The predicted octanol–water partition coefficient (Wildman–Crippen LogP) is -7.52. The van der Waals surface area contributed by atoms with Crippen molar-refractivity contribution in [3.05, 3.63) is 20.9 Å². The van der Waals surface area contributed by atoms with E-state index in [1.165, 1.54) is 16.7 Å². The van der Waals surface area contributed by atoms with E-state index >= 15 is 0 Å². The number of thiocarbonyl (C=S) groups is 1. The summed E-state index contributed by atoms with van der Waals surface area (Å²) in [6, 6.07) is 0. The molecule has 2 aliphatic rings. The van der Waals surface area contributed by atoms with E-state index in [-0.39, 0.29) is 119 Å². The van der Waals surface area contributed by atoms with Gasteiger partial charge in [-0.1, -0.05) is 41.8 Å². The Morgan fingerprint density at radius 3 is 2.29 bits per heavy atom. The van der Waals surface area contributed by atoms with E-state index in [0.717, 1.165) is 21.6 Å². The number of thioether (sulfide) groups is 2. The molecule has 2 heterocycles. The number of amides is 1. The molecular formula is C12H10K2N2O5S3. The third-order valence-electron chi connectivity index (χ3n) is 2.83. The first-order valence-corrected chi connectivity index (χ1v) is 8.13. The zero-order chi connectivity index (χ0) is 16.4. The fourth-order valence-corrected chi connectivity index (χ4v) is 4.42. The van der Waals surface area contributed by atoms with Crippen LogP contribution in [0.2, 0.25) is 0 Å². The molecule has 0 radical (unpaired) electrons. The van der Waals surface area contributed by atoms with Gasteiger partial charge in [-0.15, -0.1) is 0 Å². The number of hydrogen-bond acceptors (Lipinski definition) is 9. The summed E-state index contributed by atoms with van der Waals surface area (Å²) >= 11 is 7.23. The topological polar surface area (TPSA) is 104 Å². The van der Waals surface area contributed by atoms with Gasteiger partial charge in [0.05, 0.1) is 30.1 Å². The molecule has 0 aromatic carbocycles. The minimum Gasteiger partial charge on any atom is -0.548 e. The molecule has 0 unspecified atom stereocenters. The maximum Gasteiger partial charge on any atom is 1.00 e. The summed E-state index contributed by atoms with van der Waals surface area (Å²) in [5.74, 6) is -3.23. The van der Waals surface area contributed by atoms with E-state index in [4.69, 9.17) is 12.2 Å². The molecule has 7 nitrogen and oxygen atoms in total. The number of carbonyl (C=O) groups excluding carboxylic acids is 3. The van der Waals surface area contributed by atoms with Crippen LogP contribution in [0.25, 0.3) is 0 Å². The Morgan fingerprint density at radius 1 is 1.21 bits per heavy atom. The maximum atomic E-state index is 12.3. The molecular weight excluding hydrogens is 427 g/mol. The van der Waals surface area contributed by atoms with Gasteiger partial charge < -0.3 is 24.7 Å². The van der Waals surface area contributed by atoms with Crippen LogP contribution in [0, 0.1) is 0 Å². The van der Waals surface area contributed by atoms with Crippen LogP contribution in [0.4, 0.5) is 0 Å². The van der Waals surface area contributed by atoms with Gasteiger partial charge in [-0.2, -0.15) is 0 Å². The van der Waals surface area contributed by atoms with Crippen LogP contribution < -0.4 is 113 Å². The van der Waals surface area contributed by atoms with Gasteiger partial charge in [0.15, 0.2) is 0 Å². The summed E-state index contributed by atoms with van der Waals surface area (Å²) in [5.41, 5.74) is 0. The molecule has 0 atom stereocenters. The second-order valence-corrected chi connectivity index (χ2v) is 7.11. The van der Waals surface area contributed by atoms with E-state index in [1.54, 1.807) is 0 Å². The Bertz CT molecular complexity index is 638. The monoisotopic (exact) mass is 436 g/mol. The van der Waals surface area contributed by atoms with E-state index in [0.29, 0.717) is 11.6 Å². The van der Waals surface area contributed by atoms with Crippen molar-refractivity contribution in [1.82, 2.24) is 9.80 Å². The quantitative estimate of drug-likeness (QED) is 0.241. The third kappa shape index (κ3) is 6.42. The van der Waals surface area contributed by atoms with Crippen molar-refractivity contribution in [2.24, 2.45) is 0 Å². The second kappa shape index (κ2) is 11.6. The molecule has 24 heavy (non-hydrogen) atoms. The molecule has 2 saturated heterocycles. The molecule has 0 saturated carbocycles. The zero-order valence-corrected chi connectivity index (χ0v) is 22.1. The van der Waals surface area contributed by atoms with Gasteiger partial charge in [-0.05, 0) is 6.92 Å². The Hall–Kier alpha value is 1.75. The van der Waals surface area contributed by atoms with Gasteiger partial charge in [-0.25, -0.2) is 0 Å². The number of hydrogen-bond donors (Lipinski definition) is 0. The van der Waals surface area contributed by atoms with Gasteiger partial charge in [0.1, 0.15) is 9.23 Å². The molecule has 2 fully saturated rings. The van der Waals surface area contributed by atoms with E-state index in [1.807, 2.05) is 13.0 Å². The fraction of sp³-hybridized carbons (Fsp3) is 0.333. The number of carbonyl (C=O) groups is 3. The van der Waals surface area contributed by atoms with Crippen molar-refractivity contribution in [2.45, 2.75) is 6.92 Å². The van der Waals surface area contributed by atoms with Crippen molar-refractivity contribution >= 4 is 57.9 Å². The Morgan fingerprint density at radius 2 is 1.79 bits per heavy atom. The number of carboxylic acids is 2. The van der Waals surface area contributed by atoms with E-state index in [9.17, 15) is 24.6 Å². The maximum absolute atomic E-state index is 12.3. The number of nitrogens with zero attached hydrogens (tertiary/aromatic N) is 2. The standard InChI is InChI=1S/C12H12N2O5S3.2K/c1-2-6-3-13(4-7(15)16)11(21-6)9-10(19)14(5-8(17)18)12(20)22-9;;/h2H,3-5H2,1H3,(H,15,16)(H,17,18);;/q;2*+1/p-2/b6-2+,11-9-;;. The summed E-state index contributed by atoms with van der Waals surface area (Å²) in [6.45, 7) is 1.19. The smallest absolute Gasteiger partial charge is 0.548 e. The molecule has 118 valence electrons. The number of aliphatic carboxylic acids is 2. The summed E-state index contributed by atoms with van der Waals surface area (Å²) in [7, 11) is 0. The summed E-state index contributed by atoms with van der Waals surface area (Å²) < 4.78 is 0.111. The molecule has 2 aliphatic heterocycles. The van der Waals surface area contributed by atoms with Gasteiger partial charge in [0.2, 0.25) is 0 Å². The van der Waals surface area contributed by atoms with Gasteiger partial charge in [-0.3, -0.25) is 9.69 Å². The first-order chi connectivity index (χ1) is 10.3. The number of rotatable bonds is 4. The fourth-order valence-electron chi connectivity index (χ4n) is 1.90. The van der Waals surface area contributed by atoms with Crippen LogP contribution in [0.1, 0.15) is 6.92 Å². The molecule has 0 bridgehead atoms. The first-order valence-electron chi connectivity index (χ1n) is 6.09. The summed E-state index contributed by atoms with van der Waals surface area (Å²) in [6.07, 6.45) is 1.82. The first kappa shape index (κ1) is 25.8. The molecule has 0 aromatic heterocycles. The van der Waals surface area contributed by atoms with Gasteiger partial charge in [0.25, 0.3) is 5.91 Å². The molecule has 0 aromatic rings. The molecule has 1 amide bonds. The number of allylic oxidation sites excluding steroid dienone is 1. The largest absolute Gasteiger partial charge is 1.00 e. The molecule has 12 heteroatoms. The van der Waals surface area contributed by atoms with Crippen molar-refractivity contribution < 1.29 is 127 Å². The van der Waals surface area contributed by atoms with Crippen molar-refractivity contribution in [3.8, 4) is 0 Å².